The number of carbonyl (C=O) groups excluding carboxylic acids is 1. The quantitative estimate of drug-likeness (QED) is 0.637. The van der Waals surface area contributed by atoms with Crippen molar-refractivity contribution in [3.63, 3.8) is 0 Å². The Morgan fingerprint density at radius 2 is 1.81 bits per heavy atom. The van der Waals surface area contributed by atoms with Crippen molar-refractivity contribution >= 4 is 34.9 Å². The van der Waals surface area contributed by atoms with Gasteiger partial charge < -0.3 is 20.5 Å². The molecule has 26 heavy (non-hydrogen) atoms. The molecule has 2 aromatic carbocycles. The molecule has 1 aliphatic heterocycles. The molecule has 6 nitrogen and oxygen atoms in total. The average molecular weight is 372 g/mol. The Labute approximate surface area is 155 Å². The highest BCUT2D eigenvalue weighted by atomic mass is 32.2. The van der Waals surface area contributed by atoms with E-state index in [1.807, 2.05) is 24.3 Å². The zero-order valence-corrected chi connectivity index (χ0v) is 15.4. The van der Waals surface area contributed by atoms with Crippen molar-refractivity contribution in [3.05, 3.63) is 53.6 Å². The smallest absolute Gasteiger partial charge is 0.308 e. The number of methoxy groups -OCH3 is 1. The van der Waals surface area contributed by atoms with Gasteiger partial charge in [-0.2, -0.15) is 0 Å². The molecule has 0 aliphatic carbocycles. The molecule has 136 valence electrons. The summed E-state index contributed by atoms with van der Waals surface area (Å²) in [6.07, 6.45) is -0.110. The Morgan fingerprint density at radius 1 is 1.15 bits per heavy atom. The van der Waals surface area contributed by atoms with Gasteiger partial charge in [0.25, 0.3) is 0 Å². The van der Waals surface area contributed by atoms with Crippen LogP contribution in [-0.2, 0) is 10.5 Å². The van der Waals surface area contributed by atoms with Crippen LogP contribution in [0.4, 0.5) is 11.4 Å². The SMILES string of the molecule is COc1ccc(C(C)=O)cc1CSC1(CC(=O)O)Nc2ccccc2N1. The van der Waals surface area contributed by atoms with E-state index in [1.165, 1.54) is 18.7 Å². The first-order chi connectivity index (χ1) is 12.4. The number of carbonyl (C=O) groups is 2. The second-order valence-corrected chi connectivity index (χ2v) is 7.34. The summed E-state index contributed by atoms with van der Waals surface area (Å²) < 4.78 is 5.39. The zero-order chi connectivity index (χ0) is 18.7. The van der Waals surface area contributed by atoms with Crippen molar-refractivity contribution in [1.82, 2.24) is 0 Å². The minimum Gasteiger partial charge on any atom is -0.496 e. The van der Waals surface area contributed by atoms with Gasteiger partial charge in [0.05, 0.1) is 24.9 Å². The van der Waals surface area contributed by atoms with Gasteiger partial charge in [0.2, 0.25) is 0 Å². The summed E-state index contributed by atoms with van der Waals surface area (Å²) in [5.74, 6) is 0.216. The fraction of sp³-hybridized carbons (Fsp3) is 0.263. The maximum absolute atomic E-state index is 11.7. The van der Waals surface area contributed by atoms with E-state index in [2.05, 4.69) is 10.6 Å². The van der Waals surface area contributed by atoms with E-state index in [-0.39, 0.29) is 12.2 Å². The second kappa shape index (κ2) is 7.29. The molecule has 3 N–H and O–H groups in total. The molecule has 1 aliphatic rings. The normalized spacial score (nSPS) is 14.1. The van der Waals surface area contributed by atoms with Gasteiger partial charge in [-0.1, -0.05) is 12.1 Å². The van der Waals surface area contributed by atoms with Crippen molar-refractivity contribution < 1.29 is 19.4 Å². The molecule has 0 fully saturated rings. The maximum atomic E-state index is 11.7. The zero-order valence-electron chi connectivity index (χ0n) is 14.5. The first-order valence-electron chi connectivity index (χ1n) is 8.11. The number of thioether (sulfide) groups is 1. The molecular formula is C19H20N2O4S. The number of benzene rings is 2. The Kier molecular flexibility index (Phi) is 5.08. The Hall–Kier alpha value is -2.67. The van der Waals surface area contributed by atoms with Crippen LogP contribution in [0.5, 0.6) is 5.75 Å². The van der Waals surface area contributed by atoms with Crippen LogP contribution >= 0.6 is 11.8 Å². The van der Waals surface area contributed by atoms with E-state index in [0.717, 1.165) is 16.9 Å². The van der Waals surface area contributed by atoms with Gasteiger partial charge in [-0.05, 0) is 37.3 Å². The predicted molar refractivity (Wildman–Crippen MR) is 103 cm³/mol. The Balaban J connectivity index is 1.85. The van der Waals surface area contributed by atoms with Crippen LogP contribution in [0.25, 0.3) is 0 Å². The molecule has 7 heteroatoms. The van der Waals surface area contributed by atoms with E-state index in [4.69, 9.17) is 4.74 Å². The van der Waals surface area contributed by atoms with Crippen LogP contribution in [0.1, 0.15) is 29.3 Å². The van der Waals surface area contributed by atoms with Gasteiger partial charge in [-0.3, -0.25) is 9.59 Å². The van der Waals surface area contributed by atoms with E-state index in [9.17, 15) is 14.7 Å². The van der Waals surface area contributed by atoms with Gasteiger partial charge in [-0.25, -0.2) is 0 Å². The third-order valence-electron chi connectivity index (χ3n) is 4.16. The van der Waals surface area contributed by atoms with Gasteiger partial charge in [0.1, 0.15) is 5.75 Å². The summed E-state index contributed by atoms with van der Waals surface area (Å²) in [7, 11) is 1.58. The summed E-state index contributed by atoms with van der Waals surface area (Å²) in [5.41, 5.74) is 3.18. The van der Waals surface area contributed by atoms with E-state index < -0.39 is 11.0 Å². The van der Waals surface area contributed by atoms with Crippen LogP contribution in [0.2, 0.25) is 0 Å². The van der Waals surface area contributed by atoms with Gasteiger partial charge >= 0.3 is 5.97 Å². The molecule has 0 spiro atoms. The topological polar surface area (TPSA) is 87.7 Å². The standard InChI is InChI=1S/C19H20N2O4S/c1-12(22)13-7-8-17(25-2)14(9-13)11-26-19(10-18(23)24)20-15-5-3-4-6-16(15)21-19/h3-9,20-21H,10-11H2,1-2H3,(H,23,24). The molecule has 0 amide bonds. The third-order valence-corrected chi connectivity index (χ3v) is 5.46. The first-order valence-corrected chi connectivity index (χ1v) is 9.10. The van der Waals surface area contributed by atoms with Crippen LogP contribution in [-0.4, -0.2) is 29.0 Å². The predicted octanol–water partition coefficient (Wildman–Crippen LogP) is 3.80. The van der Waals surface area contributed by atoms with Crippen molar-refractivity contribution in [3.8, 4) is 5.75 Å². The van der Waals surface area contributed by atoms with E-state index in [0.29, 0.717) is 17.1 Å². The number of hydrogen-bond acceptors (Lipinski definition) is 6. The molecule has 0 bridgehead atoms. The van der Waals surface area contributed by atoms with Crippen molar-refractivity contribution in [2.24, 2.45) is 0 Å². The Morgan fingerprint density at radius 3 is 2.35 bits per heavy atom. The number of Topliss-reactive ketones (excluding diaryl/α,β-unsaturated/α-hetero) is 1. The molecule has 2 aromatic rings. The third kappa shape index (κ3) is 3.77. The van der Waals surface area contributed by atoms with Crippen LogP contribution in [0.15, 0.2) is 42.5 Å². The lowest BCUT2D eigenvalue weighted by molar-refractivity contribution is -0.137. The molecule has 0 aromatic heterocycles. The number of ether oxygens (including phenoxy) is 1. The van der Waals surface area contributed by atoms with E-state index in [1.54, 1.807) is 25.3 Å². The Bertz CT molecular complexity index is 828. The molecule has 0 saturated heterocycles. The number of aliphatic carboxylic acids is 1. The molecule has 0 radical (unpaired) electrons. The lowest BCUT2D eigenvalue weighted by Crippen LogP contribution is -2.40. The maximum Gasteiger partial charge on any atom is 0.308 e. The van der Waals surface area contributed by atoms with Crippen LogP contribution in [0.3, 0.4) is 0 Å². The van der Waals surface area contributed by atoms with Crippen molar-refractivity contribution in [2.75, 3.05) is 17.7 Å². The summed E-state index contributed by atoms with van der Waals surface area (Å²) in [6, 6.07) is 12.9. The van der Waals surface area contributed by atoms with Gasteiger partial charge in [0.15, 0.2) is 10.8 Å². The number of ketones is 1. The minimum absolute atomic E-state index is 0.0244. The molecule has 0 atom stereocenters. The first kappa shape index (κ1) is 18.1. The summed E-state index contributed by atoms with van der Waals surface area (Å²) >= 11 is 1.43. The highest BCUT2D eigenvalue weighted by Gasteiger charge is 2.39. The lowest BCUT2D eigenvalue weighted by atomic mass is 10.1. The molecular weight excluding hydrogens is 352 g/mol. The number of carboxylic acid groups (broad SMARTS) is 1. The molecule has 1 heterocycles. The highest BCUT2D eigenvalue weighted by Crippen LogP contribution is 2.43. The number of rotatable bonds is 7. The summed E-state index contributed by atoms with van der Waals surface area (Å²) in [5, 5.41) is 15.9. The number of nitrogens with one attached hydrogen (secondary N) is 2. The number of fused-ring (bicyclic) bond motifs is 1. The van der Waals surface area contributed by atoms with Gasteiger partial charge in [0, 0.05) is 16.9 Å². The number of para-hydroxylation sites is 2. The largest absolute Gasteiger partial charge is 0.496 e. The van der Waals surface area contributed by atoms with Gasteiger partial charge in [-0.15, -0.1) is 11.8 Å². The average Bonchev–Trinajstić information content (AvgIpc) is 2.97. The fourth-order valence-corrected chi connectivity index (χ4v) is 4.12. The van der Waals surface area contributed by atoms with Crippen molar-refractivity contribution in [2.45, 2.75) is 24.1 Å². The van der Waals surface area contributed by atoms with E-state index >= 15 is 0 Å². The second-order valence-electron chi connectivity index (χ2n) is 6.06. The fourth-order valence-electron chi connectivity index (χ4n) is 2.90. The summed E-state index contributed by atoms with van der Waals surface area (Å²) in [6.45, 7) is 1.52. The van der Waals surface area contributed by atoms with Crippen LogP contribution in [0, 0.1) is 0 Å². The minimum atomic E-state index is -0.908. The monoisotopic (exact) mass is 372 g/mol. The number of carboxylic acids is 1. The summed E-state index contributed by atoms with van der Waals surface area (Å²) in [4.78, 5) is 22.2. The molecule has 3 rings (SSSR count). The highest BCUT2D eigenvalue weighted by molar-refractivity contribution is 8.00. The molecule has 0 unspecified atom stereocenters. The van der Waals surface area contributed by atoms with Crippen LogP contribution < -0.4 is 15.4 Å². The van der Waals surface area contributed by atoms with Crippen molar-refractivity contribution in [1.29, 1.82) is 0 Å². The molecule has 0 saturated carbocycles. The number of anilines is 2. The lowest BCUT2D eigenvalue weighted by Gasteiger charge is -2.29. The number of hydrogen-bond donors (Lipinski definition) is 3.